The van der Waals surface area contributed by atoms with Crippen LogP contribution in [0.15, 0.2) is 23.6 Å². The zero-order valence-corrected chi connectivity index (χ0v) is 17.0. The Balaban J connectivity index is 1.52. The van der Waals surface area contributed by atoms with Gasteiger partial charge in [-0.3, -0.25) is 14.5 Å². The van der Waals surface area contributed by atoms with Gasteiger partial charge in [-0.05, 0) is 38.5 Å². The van der Waals surface area contributed by atoms with Crippen molar-refractivity contribution >= 4 is 28.8 Å². The van der Waals surface area contributed by atoms with Crippen molar-refractivity contribution in [3.05, 3.63) is 39.8 Å². The summed E-state index contributed by atoms with van der Waals surface area (Å²) in [5.41, 5.74) is 2.22. The van der Waals surface area contributed by atoms with Gasteiger partial charge in [0.2, 0.25) is 0 Å². The highest BCUT2D eigenvalue weighted by Crippen LogP contribution is 2.34. The molecule has 1 aromatic heterocycles. The first kappa shape index (κ1) is 18.9. The first-order valence-corrected chi connectivity index (χ1v) is 10.2. The fourth-order valence-electron chi connectivity index (χ4n) is 3.61. The van der Waals surface area contributed by atoms with Gasteiger partial charge in [-0.25, -0.2) is 4.98 Å². The van der Waals surface area contributed by atoms with Gasteiger partial charge in [0.1, 0.15) is 16.5 Å². The van der Waals surface area contributed by atoms with E-state index in [1.54, 1.807) is 15.2 Å². The first-order valence-electron chi connectivity index (χ1n) is 9.33. The number of anilines is 1. The largest absolute Gasteiger partial charge is 0.482 e. The van der Waals surface area contributed by atoms with Crippen LogP contribution in [0.2, 0.25) is 0 Å². The molecule has 28 heavy (non-hydrogen) atoms. The van der Waals surface area contributed by atoms with Crippen LogP contribution in [0.5, 0.6) is 5.75 Å². The van der Waals surface area contributed by atoms with Crippen molar-refractivity contribution in [1.29, 1.82) is 0 Å². The second kappa shape index (κ2) is 7.52. The van der Waals surface area contributed by atoms with Crippen molar-refractivity contribution in [2.24, 2.45) is 0 Å². The van der Waals surface area contributed by atoms with E-state index in [0.29, 0.717) is 31.1 Å². The standard InChI is InChI=1S/C20H23N3O4S/c1-12-4-5-17-16(6-12)23(19(24)10-26-17)9-18-21-15(11-28-18)20(25)22-7-13(2)27-14(3)8-22/h4-6,11,13-14H,7-10H2,1-3H3/t13-,14-/m0/s1. The van der Waals surface area contributed by atoms with Gasteiger partial charge in [0.25, 0.3) is 11.8 Å². The van der Waals surface area contributed by atoms with Gasteiger partial charge in [0.15, 0.2) is 6.61 Å². The lowest BCUT2D eigenvalue weighted by molar-refractivity contribution is -0.121. The third-order valence-corrected chi connectivity index (χ3v) is 5.66. The van der Waals surface area contributed by atoms with Crippen molar-refractivity contribution in [1.82, 2.24) is 9.88 Å². The fourth-order valence-corrected chi connectivity index (χ4v) is 4.36. The van der Waals surface area contributed by atoms with Gasteiger partial charge in [0.05, 0.1) is 24.4 Å². The average molecular weight is 401 g/mol. The van der Waals surface area contributed by atoms with Crippen molar-refractivity contribution in [2.75, 3.05) is 24.6 Å². The number of hydrogen-bond acceptors (Lipinski definition) is 6. The molecule has 0 N–H and O–H groups in total. The number of carbonyl (C=O) groups is 2. The minimum absolute atomic E-state index is 0.0107. The van der Waals surface area contributed by atoms with Crippen molar-refractivity contribution in [3.8, 4) is 5.75 Å². The van der Waals surface area contributed by atoms with E-state index in [1.165, 1.54) is 11.3 Å². The van der Waals surface area contributed by atoms with Crippen LogP contribution in [0.1, 0.15) is 34.9 Å². The van der Waals surface area contributed by atoms with Gasteiger partial charge in [-0.2, -0.15) is 0 Å². The molecule has 3 heterocycles. The number of ether oxygens (including phenoxy) is 2. The molecule has 4 rings (SSSR count). The molecule has 2 aromatic rings. The summed E-state index contributed by atoms with van der Waals surface area (Å²) in [6, 6.07) is 5.77. The minimum atomic E-state index is -0.114. The summed E-state index contributed by atoms with van der Waals surface area (Å²) in [6.45, 7) is 7.36. The summed E-state index contributed by atoms with van der Waals surface area (Å²) in [7, 11) is 0. The SMILES string of the molecule is Cc1ccc2c(c1)N(Cc1nc(C(=O)N3C[C@H](C)O[C@@H](C)C3)cs1)C(=O)CO2. The molecule has 148 valence electrons. The predicted molar refractivity (Wildman–Crippen MR) is 106 cm³/mol. The molecule has 0 saturated carbocycles. The minimum Gasteiger partial charge on any atom is -0.482 e. The van der Waals surface area contributed by atoms with E-state index in [9.17, 15) is 9.59 Å². The number of hydrogen-bond donors (Lipinski definition) is 0. The number of thiazole rings is 1. The summed E-state index contributed by atoms with van der Waals surface area (Å²) in [6.07, 6.45) is 0.0213. The van der Waals surface area contributed by atoms with Crippen LogP contribution >= 0.6 is 11.3 Å². The first-order chi connectivity index (χ1) is 13.4. The molecule has 2 aliphatic heterocycles. The molecule has 1 saturated heterocycles. The molecule has 0 unspecified atom stereocenters. The van der Waals surface area contributed by atoms with Crippen LogP contribution in [0.3, 0.4) is 0 Å². The summed E-state index contributed by atoms with van der Waals surface area (Å²) < 4.78 is 11.2. The Morgan fingerprint density at radius 3 is 2.79 bits per heavy atom. The van der Waals surface area contributed by atoms with Crippen LogP contribution in [-0.4, -0.2) is 53.6 Å². The van der Waals surface area contributed by atoms with Crippen molar-refractivity contribution in [2.45, 2.75) is 39.5 Å². The van der Waals surface area contributed by atoms with Crippen molar-refractivity contribution in [3.63, 3.8) is 0 Å². The molecule has 2 aliphatic rings. The van der Waals surface area contributed by atoms with Crippen molar-refractivity contribution < 1.29 is 19.1 Å². The smallest absolute Gasteiger partial charge is 0.273 e. The number of fused-ring (bicyclic) bond motifs is 1. The van der Waals surface area contributed by atoms with E-state index in [-0.39, 0.29) is 30.6 Å². The van der Waals surface area contributed by atoms with Crippen LogP contribution in [0.4, 0.5) is 5.69 Å². The van der Waals surface area contributed by atoms with Crippen LogP contribution < -0.4 is 9.64 Å². The van der Waals surface area contributed by atoms with Crippen LogP contribution in [0.25, 0.3) is 0 Å². The fraction of sp³-hybridized carbons (Fsp3) is 0.450. The quantitative estimate of drug-likeness (QED) is 0.791. The highest BCUT2D eigenvalue weighted by molar-refractivity contribution is 7.09. The number of nitrogens with zero attached hydrogens (tertiary/aromatic N) is 3. The number of carbonyl (C=O) groups excluding carboxylic acids is 2. The highest BCUT2D eigenvalue weighted by Gasteiger charge is 2.29. The summed E-state index contributed by atoms with van der Waals surface area (Å²) in [5.74, 6) is 0.486. The Kier molecular flexibility index (Phi) is 5.07. The van der Waals surface area contributed by atoms with E-state index in [0.717, 1.165) is 16.3 Å². The summed E-state index contributed by atoms with van der Waals surface area (Å²) >= 11 is 1.39. The number of aromatic nitrogens is 1. The predicted octanol–water partition coefficient (Wildman–Crippen LogP) is 2.63. The van der Waals surface area contributed by atoms with Crippen LogP contribution in [-0.2, 0) is 16.1 Å². The zero-order chi connectivity index (χ0) is 19.8. The highest BCUT2D eigenvalue weighted by atomic mass is 32.1. The number of benzene rings is 1. The normalized spacial score (nSPS) is 22.0. The third-order valence-electron chi connectivity index (χ3n) is 4.83. The Labute approximate surface area is 167 Å². The topological polar surface area (TPSA) is 72.0 Å². The lowest BCUT2D eigenvalue weighted by Crippen LogP contribution is -2.48. The van der Waals surface area contributed by atoms with E-state index in [1.807, 2.05) is 39.0 Å². The van der Waals surface area contributed by atoms with Gasteiger partial charge >= 0.3 is 0 Å². The van der Waals surface area contributed by atoms with E-state index < -0.39 is 0 Å². The van der Waals surface area contributed by atoms with Crippen LogP contribution in [0, 0.1) is 6.92 Å². The Morgan fingerprint density at radius 2 is 2.04 bits per heavy atom. The lowest BCUT2D eigenvalue weighted by Gasteiger charge is -2.34. The zero-order valence-electron chi connectivity index (χ0n) is 16.2. The monoisotopic (exact) mass is 401 g/mol. The molecule has 0 spiro atoms. The molecule has 1 aromatic carbocycles. The summed E-state index contributed by atoms with van der Waals surface area (Å²) in [5, 5.41) is 2.49. The Bertz CT molecular complexity index is 903. The molecule has 7 nitrogen and oxygen atoms in total. The molecule has 2 amide bonds. The maximum Gasteiger partial charge on any atom is 0.273 e. The maximum absolute atomic E-state index is 12.8. The lowest BCUT2D eigenvalue weighted by atomic mass is 10.1. The molecular weight excluding hydrogens is 378 g/mol. The summed E-state index contributed by atoms with van der Waals surface area (Å²) in [4.78, 5) is 33.2. The molecule has 1 fully saturated rings. The molecule has 0 bridgehead atoms. The molecule has 0 aliphatic carbocycles. The Hall–Kier alpha value is -2.45. The average Bonchev–Trinajstić information content (AvgIpc) is 3.11. The number of amides is 2. The van der Waals surface area contributed by atoms with Gasteiger partial charge in [-0.1, -0.05) is 6.07 Å². The molecular formula is C20H23N3O4S. The number of rotatable bonds is 3. The number of aryl methyl sites for hydroxylation is 1. The molecule has 0 radical (unpaired) electrons. The van der Waals surface area contributed by atoms with Gasteiger partial charge in [0, 0.05) is 18.5 Å². The number of morpholine rings is 1. The molecule has 8 heteroatoms. The second-order valence-corrected chi connectivity index (χ2v) is 8.28. The van der Waals surface area contributed by atoms with E-state index in [2.05, 4.69) is 4.98 Å². The van der Waals surface area contributed by atoms with Gasteiger partial charge in [-0.15, -0.1) is 11.3 Å². The second-order valence-electron chi connectivity index (χ2n) is 7.33. The van der Waals surface area contributed by atoms with E-state index in [4.69, 9.17) is 9.47 Å². The Morgan fingerprint density at radius 1 is 1.29 bits per heavy atom. The third kappa shape index (κ3) is 3.74. The van der Waals surface area contributed by atoms with E-state index >= 15 is 0 Å². The molecule has 2 atom stereocenters. The maximum atomic E-state index is 12.8. The van der Waals surface area contributed by atoms with Gasteiger partial charge < -0.3 is 14.4 Å².